The molecular weight excluding hydrogens is 987 g/mol. The number of unbranched alkanes of at least 4 members (excludes halogenated alkanes) is 1. The topological polar surface area (TPSA) is 164 Å². The minimum Gasteiger partial charge on any atom is -0.457 e. The average molecular weight is 1050 g/mol. The number of pyridine rings is 1. The summed E-state index contributed by atoms with van der Waals surface area (Å²) in [5, 5.41) is 11.7. The van der Waals surface area contributed by atoms with E-state index in [9.17, 15) is 19.2 Å². The molecule has 77 heavy (non-hydrogen) atoms. The fraction of sp³-hybridized carbons (Fsp3) is 0.328. The van der Waals surface area contributed by atoms with Gasteiger partial charge in [0.2, 0.25) is 11.8 Å². The van der Waals surface area contributed by atoms with Gasteiger partial charge < -0.3 is 19.3 Å². The summed E-state index contributed by atoms with van der Waals surface area (Å²) in [7, 11) is 1.91. The van der Waals surface area contributed by atoms with Crippen molar-refractivity contribution < 1.29 is 28.7 Å². The van der Waals surface area contributed by atoms with Crippen LogP contribution in [0.3, 0.4) is 0 Å². The largest absolute Gasteiger partial charge is 0.457 e. The van der Waals surface area contributed by atoms with Gasteiger partial charge in [-0.3, -0.25) is 34.6 Å². The Morgan fingerprint density at radius 1 is 0.818 bits per heavy atom. The van der Waals surface area contributed by atoms with E-state index in [0.717, 1.165) is 112 Å². The standard InChI is InChI=1S/C61H63N9O6S/c1-38-43(44-25-27-53(63-56(44)59(74)76-61(2,3)4)70-31-29-40-13-10-15-45(48(40)37-70)57(72)65-60-62-49-16-6-7-18-52(49)77-60)14-11-17-51(38)75-42-22-19-39(20-23-42)12-8-9-30-68-32-34-69(35-33-68)41-21-24-46-50(36-41)67(5)66-55(46)47-26-28-54(71)64-58(47)73/h6-7,10-11,13-25,27,36,47H,8-9,12,26,28-35,37H2,1-5H3,(H,62,65,72)(H,64,71,73). The molecule has 15 nitrogen and oxygen atoms in total. The van der Waals surface area contributed by atoms with Crippen LogP contribution in [-0.4, -0.2) is 93.2 Å². The Morgan fingerprint density at radius 2 is 1.62 bits per heavy atom. The molecule has 3 amide bonds. The molecular formula is C61H63N9O6S. The number of nitrogens with zero attached hydrogens (tertiary/aromatic N) is 7. The lowest BCUT2D eigenvalue weighted by atomic mass is 9.93. The maximum absolute atomic E-state index is 14.1. The average Bonchev–Trinajstić information content (AvgIpc) is 4.09. The fourth-order valence-electron chi connectivity index (χ4n) is 10.8. The minimum absolute atomic E-state index is 0.209. The molecule has 3 aromatic heterocycles. The number of benzene rings is 5. The van der Waals surface area contributed by atoms with E-state index in [0.29, 0.717) is 60.2 Å². The van der Waals surface area contributed by atoms with Crippen LogP contribution in [0.25, 0.3) is 32.2 Å². The van der Waals surface area contributed by atoms with Crippen LogP contribution in [0.1, 0.15) is 101 Å². The number of amides is 3. The molecule has 0 bridgehead atoms. The molecule has 0 saturated carbocycles. The predicted molar refractivity (Wildman–Crippen MR) is 302 cm³/mol. The first-order valence-electron chi connectivity index (χ1n) is 26.6. The lowest BCUT2D eigenvalue weighted by Gasteiger charge is -2.36. The molecule has 0 spiro atoms. The van der Waals surface area contributed by atoms with Gasteiger partial charge in [0.1, 0.15) is 22.9 Å². The van der Waals surface area contributed by atoms with Crippen LogP contribution in [-0.2, 0) is 40.8 Å². The van der Waals surface area contributed by atoms with Crippen molar-refractivity contribution in [3.63, 3.8) is 0 Å². The maximum atomic E-state index is 14.1. The zero-order chi connectivity index (χ0) is 53.4. The number of carbonyl (C=O) groups is 4. The number of hydrogen-bond acceptors (Lipinski definition) is 13. The number of ether oxygens (including phenoxy) is 2. The quantitative estimate of drug-likeness (QED) is 0.0603. The highest BCUT2D eigenvalue weighted by molar-refractivity contribution is 7.22. The number of esters is 1. The number of thiazole rings is 1. The highest BCUT2D eigenvalue weighted by Gasteiger charge is 2.33. The molecule has 11 rings (SSSR count). The Balaban J connectivity index is 0.704. The van der Waals surface area contributed by atoms with E-state index in [4.69, 9.17) is 19.6 Å². The number of para-hydroxylation sites is 1. The first-order chi connectivity index (χ1) is 37.2. The molecule has 0 radical (unpaired) electrons. The van der Waals surface area contributed by atoms with Crippen molar-refractivity contribution in [1.29, 1.82) is 0 Å². The SMILES string of the molecule is Cc1c(Oc2ccc(CCCCN3CCN(c4ccc5c(C6CCC(=O)NC6=O)nn(C)c5c4)CC3)cc2)cccc1-c1ccc(N2CCc3cccc(C(=O)Nc4nc5ccccc5s4)c3C2)nc1C(=O)OC(C)(C)C. The van der Waals surface area contributed by atoms with Crippen molar-refractivity contribution in [2.24, 2.45) is 7.05 Å². The van der Waals surface area contributed by atoms with Gasteiger partial charge in [0.05, 0.1) is 27.3 Å². The third-order valence-electron chi connectivity index (χ3n) is 14.9. The Morgan fingerprint density at radius 3 is 2.42 bits per heavy atom. The van der Waals surface area contributed by atoms with Crippen molar-refractivity contribution in [3.05, 3.63) is 154 Å². The Bertz CT molecular complexity index is 3520. The second-order valence-electron chi connectivity index (χ2n) is 21.3. The Labute approximate surface area is 452 Å². The number of piperazine rings is 1. The van der Waals surface area contributed by atoms with Crippen LogP contribution in [0.2, 0.25) is 0 Å². The molecule has 3 aliphatic rings. The molecule has 1 atom stereocenters. The van der Waals surface area contributed by atoms with E-state index in [1.807, 2.05) is 118 Å². The summed E-state index contributed by atoms with van der Waals surface area (Å²) in [6.07, 6.45) is 4.67. The van der Waals surface area contributed by atoms with E-state index in [1.165, 1.54) is 16.9 Å². The number of hydrogen-bond donors (Lipinski definition) is 2. The number of nitrogens with one attached hydrogen (secondary N) is 2. The number of fused-ring (bicyclic) bond motifs is 3. The molecule has 2 saturated heterocycles. The van der Waals surface area contributed by atoms with Gasteiger partial charge in [0.25, 0.3) is 5.91 Å². The van der Waals surface area contributed by atoms with E-state index in [1.54, 1.807) is 0 Å². The van der Waals surface area contributed by atoms with Crippen molar-refractivity contribution in [3.8, 4) is 22.6 Å². The molecule has 2 fully saturated rings. The van der Waals surface area contributed by atoms with Gasteiger partial charge in [0.15, 0.2) is 10.8 Å². The van der Waals surface area contributed by atoms with Gasteiger partial charge in [-0.25, -0.2) is 14.8 Å². The summed E-state index contributed by atoms with van der Waals surface area (Å²) in [4.78, 5) is 69.0. The molecule has 1 unspecified atom stereocenters. The molecule has 8 aromatic rings. The number of carbonyl (C=O) groups excluding carboxylic acids is 4. The van der Waals surface area contributed by atoms with Crippen molar-refractivity contribution >= 4 is 72.8 Å². The summed E-state index contributed by atoms with van der Waals surface area (Å²) in [6, 6.07) is 38.1. The second-order valence-corrected chi connectivity index (χ2v) is 22.3. The first kappa shape index (κ1) is 51.2. The van der Waals surface area contributed by atoms with Crippen LogP contribution in [0.15, 0.2) is 115 Å². The number of anilines is 3. The van der Waals surface area contributed by atoms with Gasteiger partial charge in [0, 0.05) is 74.9 Å². The van der Waals surface area contributed by atoms with E-state index in [2.05, 4.69) is 66.7 Å². The first-order valence-corrected chi connectivity index (χ1v) is 27.4. The fourth-order valence-corrected chi connectivity index (χ4v) is 11.7. The summed E-state index contributed by atoms with van der Waals surface area (Å²) in [6.45, 7) is 13.6. The van der Waals surface area contributed by atoms with E-state index >= 15 is 0 Å². The highest BCUT2D eigenvalue weighted by Crippen LogP contribution is 2.38. The van der Waals surface area contributed by atoms with Crippen LogP contribution >= 0.6 is 11.3 Å². The predicted octanol–water partition coefficient (Wildman–Crippen LogP) is 10.8. The van der Waals surface area contributed by atoms with Crippen molar-refractivity contribution in [2.75, 3.05) is 54.4 Å². The smallest absolute Gasteiger partial charge is 0.358 e. The summed E-state index contributed by atoms with van der Waals surface area (Å²) < 4.78 is 15.4. The normalized spacial score (nSPS) is 16.1. The second kappa shape index (κ2) is 21.6. The van der Waals surface area contributed by atoms with Gasteiger partial charge in [-0.05, 0) is 161 Å². The number of aromatic nitrogens is 4. The minimum atomic E-state index is -0.750. The highest BCUT2D eigenvalue weighted by atomic mass is 32.1. The van der Waals surface area contributed by atoms with Crippen LogP contribution < -0.4 is 25.2 Å². The lowest BCUT2D eigenvalue weighted by Crippen LogP contribution is -2.46. The van der Waals surface area contributed by atoms with Crippen LogP contribution in [0.4, 0.5) is 16.6 Å². The number of aryl methyl sites for hydroxylation is 2. The molecule has 16 heteroatoms. The monoisotopic (exact) mass is 1050 g/mol. The third-order valence-corrected chi connectivity index (χ3v) is 15.9. The summed E-state index contributed by atoms with van der Waals surface area (Å²) in [5.74, 6) is 0.386. The lowest BCUT2D eigenvalue weighted by molar-refractivity contribution is -0.134. The van der Waals surface area contributed by atoms with E-state index < -0.39 is 17.5 Å². The van der Waals surface area contributed by atoms with E-state index in [-0.39, 0.29) is 23.4 Å². The number of imide groups is 1. The zero-order valence-corrected chi connectivity index (χ0v) is 45.0. The van der Waals surface area contributed by atoms with Gasteiger partial charge in [-0.15, -0.1) is 0 Å². The Kier molecular flexibility index (Phi) is 14.3. The molecule has 0 aliphatic carbocycles. The van der Waals surface area contributed by atoms with Crippen LogP contribution in [0, 0.1) is 6.92 Å². The number of rotatable bonds is 14. The number of piperidine rings is 1. The van der Waals surface area contributed by atoms with Crippen LogP contribution in [0.5, 0.6) is 11.5 Å². The molecule has 5 aromatic carbocycles. The van der Waals surface area contributed by atoms with Gasteiger partial charge in [-0.1, -0.05) is 59.9 Å². The van der Waals surface area contributed by atoms with Gasteiger partial charge >= 0.3 is 5.97 Å². The molecule has 3 aliphatic heterocycles. The maximum Gasteiger partial charge on any atom is 0.358 e. The van der Waals surface area contributed by atoms with Gasteiger partial charge in [-0.2, -0.15) is 5.10 Å². The molecule has 2 N–H and O–H groups in total. The zero-order valence-electron chi connectivity index (χ0n) is 44.2. The molecule has 6 heterocycles. The third kappa shape index (κ3) is 11.2. The summed E-state index contributed by atoms with van der Waals surface area (Å²) in [5.41, 5.74) is 9.37. The molecule has 394 valence electrons. The summed E-state index contributed by atoms with van der Waals surface area (Å²) >= 11 is 1.45. The Hall–Kier alpha value is -7.95. The van der Waals surface area contributed by atoms with Crippen molar-refractivity contribution in [1.82, 2.24) is 30.0 Å². The van der Waals surface area contributed by atoms with Crippen molar-refractivity contribution in [2.45, 2.75) is 84.3 Å².